The van der Waals surface area contributed by atoms with Crippen molar-refractivity contribution in [2.24, 2.45) is 5.92 Å². The van der Waals surface area contributed by atoms with Gasteiger partial charge in [0, 0.05) is 16.6 Å². The van der Waals surface area contributed by atoms with Crippen molar-refractivity contribution in [1.82, 2.24) is 9.62 Å². The molecule has 8 nitrogen and oxygen atoms in total. The summed E-state index contributed by atoms with van der Waals surface area (Å²) in [5.41, 5.74) is -0.563. The Labute approximate surface area is 181 Å². The van der Waals surface area contributed by atoms with Gasteiger partial charge in [-0.05, 0) is 36.2 Å². The molecule has 1 spiro atoms. The first-order chi connectivity index (χ1) is 14.1. The highest BCUT2D eigenvalue weighted by Gasteiger charge is 2.70. The van der Waals surface area contributed by atoms with Gasteiger partial charge < -0.3 is 4.74 Å². The Hall–Kier alpha value is -2.56. The zero-order chi connectivity index (χ0) is 21.8. The van der Waals surface area contributed by atoms with E-state index < -0.39 is 39.3 Å². The number of aryl methyl sites for hydroxylation is 1. The van der Waals surface area contributed by atoms with Gasteiger partial charge in [0.2, 0.25) is 15.9 Å². The Morgan fingerprint density at radius 2 is 1.93 bits per heavy atom. The second-order valence-corrected chi connectivity index (χ2v) is 9.87. The minimum atomic E-state index is -4.19. The predicted octanol–water partition coefficient (Wildman–Crippen LogP) is 1.60. The summed E-state index contributed by atoms with van der Waals surface area (Å²) in [7, 11) is -3.11. The van der Waals surface area contributed by atoms with Crippen molar-refractivity contribution in [3.8, 4) is 0 Å². The Morgan fingerprint density at radius 3 is 2.60 bits per heavy atom. The molecule has 1 N–H and O–H groups in total. The van der Waals surface area contributed by atoms with Crippen molar-refractivity contribution >= 4 is 43.7 Å². The summed E-state index contributed by atoms with van der Waals surface area (Å²) in [6, 6.07) is 11.2. The minimum absolute atomic E-state index is 0.0820. The van der Waals surface area contributed by atoms with Crippen molar-refractivity contribution in [3.63, 3.8) is 0 Å². The molecule has 1 fully saturated rings. The highest BCUT2D eigenvalue weighted by atomic mass is 79.9. The highest BCUT2D eigenvalue weighted by molar-refractivity contribution is 9.10. The van der Waals surface area contributed by atoms with Crippen molar-refractivity contribution in [3.05, 3.63) is 63.6 Å². The summed E-state index contributed by atoms with van der Waals surface area (Å²) in [4.78, 5) is 38.3. The lowest BCUT2D eigenvalue weighted by Gasteiger charge is -2.34. The topological polar surface area (TPSA) is 110 Å². The van der Waals surface area contributed by atoms with Crippen LogP contribution >= 0.6 is 15.9 Å². The first-order valence-electron chi connectivity index (χ1n) is 8.96. The predicted molar refractivity (Wildman–Crippen MR) is 108 cm³/mol. The molecule has 0 aromatic heterocycles. The van der Waals surface area contributed by atoms with E-state index in [2.05, 4.69) is 21.2 Å². The average Bonchev–Trinajstić information content (AvgIpc) is 3.07. The molecule has 1 saturated heterocycles. The number of carbonyl (C=O) groups is 3. The number of nitrogens with one attached hydrogen (secondary N) is 1. The van der Waals surface area contributed by atoms with Gasteiger partial charge in [-0.15, -0.1) is 0 Å². The van der Waals surface area contributed by atoms with Crippen LogP contribution in [0.1, 0.15) is 16.7 Å². The fraction of sp³-hybridized carbons (Fsp3) is 0.250. The van der Waals surface area contributed by atoms with Crippen LogP contribution in [0.4, 0.5) is 0 Å². The maximum atomic E-state index is 13.5. The molecule has 2 amide bonds. The standard InChI is InChI=1S/C20H17BrN2O6S/c1-11-9-13(21)8-7-12(11)10-23-20(14-5-3-4-6-15(14)30(23,27)28)16(18(25)29-2)17(24)22-19(20)26/h3-9,16H,10H2,1-2H3,(H,22,24,26). The summed E-state index contributed by atoms with van der Waals surface area (Å²) in [5, 5.41) is 2.14. The lowest BCUT2D eigenvalue weighted by molar-refractivity contribution is -0.154. The van der Waals surface area contributed by atoms with E-state index in [0.29, 0.717) is 5.56 Å². The third-order valence-corrected chi connectivity index (χ3v) is 7.98. The van der Waals surface area contributed by atoms with Gasteiger partial charge in [-0.3, -0.25) is 19.7 Å². The van der Waals surface area contributed by atoms with E-state index in [9.17, 15) is 22.8 Å². The van der Waals surface area contributed by atoms with Gasteiger partial charge in [-0.2, -0.15) is 4.31 Å². The number of esters is 1. The van der Waals surface area contributed by atoms with Crippen LogP contribution in [0.5, 0.6) is 0 Å². The van der Waals surface area contributed by atoms with Gasteiger partial charge in [-0.25, -0.2) is 8.42 Å². The molecular weight excluding hydrogens is 476 g/mol. The highest BCUT2D eigenvalue weighted by Crippen LogP contribution is 2.52. The molecular formula is C20H17BrN2O6S. The van der Waals surface area contributed by atoms with Gasteiger partial charge in [0.05, 0.1) is 12.0 Å². The summed E-state index contributed by atoms with van der Waals surface area (Å²) in [5.74, 6) is -4.41. The number of benzene rings is 2. The molecule has 2 aromatic carbocycles. The van der Waals surface area contributed by atoms with Gasteiger partial charge in [-0.1, -0.05) is 40.2 Å². The Kier molecular flexibility index (Phi) is 4.83. The Morgan fingerprint density at radius 1 is 1.23 bits per heavy atom. The molecule has 2 aliphatic heterocycles. The van der Waals surface area contributed by atoms with E-state index >= 15 is 0 Å². The number of sulfonamides is 1. The van der Waals surface area contributed by atoms with Crippen LogP contribution in [0, 0.1) is 12.8 Å². The number of nitrogens with zero attached hydrogens (tertiary/aromatic N) is 1. The molecule has 2 aliphatic rings. The van der Waals surface area contributed by atoms with Gasteiger partial charge in [0.1, 0.15) is 0 Å². The maximum Gasteiger partial charge on any atom is 0.321 e. The molecule has 0 saturated carbocycles. The third kappa shape index (κ3) is 2.67. The molecule has 30 heavy (non-hydrogen) atoms. The van der Waals surface area contributed by atoms with E-state index in [4.69, 9.17) is 4.74 Å². The average molecular weight is 493 g/mol. The molecule has 0 radical (unpaired) electrons. The van der Waals surface area contributed by atoms with E-state index in [-0.39, 0.29) is 17.0 Å². The number of halogens is 1. The number of fused-ring (bicyclic) bond motifs is 2. The Balaban J connectivity index is 2.01. The maximum absolute atomic E-state index is 13.5. The first kappa shape index (κ1) is 20.7. The molecule has 0 bridgehead atoms. The molecule has 2 heterocycles. The summed E-state index contributed by atoms with van der Waals surface area (Å²) < 4.78 is 33.6. The number of hydrogen-bond acceptors (Lipinski definition) is 6. The molecule has 2 aromatic rings. The monoisotopic (exact) mass is 492 g/mol. The SMILES string of the molecule is COC(=O)C1C(=O)NC(=O)C12c1ccccc1S(=O)(=O)N2Cc1ccc(Br)cc1C. The number of amides is 2. The second-order valence-electron chi connectivity index (χ2n) is 7.12. The molecule has 10 heteroatoms. The normalized spacial score (nSPS) is 24.7. The molecule has 2 unspecified atom stereocenters. The zero-order valence-electron chi connectivity index (χ0n) is 16.0. The molecule has 4 rings (SSSR count). The quantitative estimate of drug-likeness (QED) is 0.395. The fourth-order valence-electron chi connectivity index (χ4n) is 4.18. The smallest absolute Gasteiger partial charge is 0.321 e. The van der Waals surface area contributed by atoms with Crippen LogP contribution < -0.4 is 5.32 Å². The number of ether oxygens (including phenoxy) is 1. The largest absolute Gasteiger partial charge is 0.468 e. The minimum Gasteiger partial charge on any atom is -0.468 e. The van der Waals surface area contributed by atoms with Crippen LogP contribution in [0.2, 0.25) is 0 Å². The van der Waals surface area contributed by atoms with E-state index in [1.165, 1.54) is 18.2 Å². The second kappa shape index (κ2) is 7.00. The van der Waals surface area contributed by atoms with E-state index in [1.807, 2.05) is 6.07 Å². The lowest BCUT2D eigenvalue weighted by Crippen LogP contribution is -2.54. The van der Waals surface area contributed by atoms with Gasteiger partial charge in [0.25, 0.3) is 5.91 Å². The van der Waals surface area contributed by atoms with E-state index in [1.54, 1.807) is 25.1 Å². The zero-order valence-corrected chi connectivity index (χ0v) is 18.4. The number of imide groups is 1. The van der Waals surface area contributed by atoms with Gasteiger partial charge >= 0.3 is 5.97 Å². The van der Waals surface area contributed by atoms with Crippen molar-refractivity contribution < 1.29 is 27.5 Å². The summed E-state index contributed by atoms with van der Waals surface area (Å²) in [6.45, 7) is 1.60. The van der Waals surface area contributed by atoms with Crippen LogP contribution in [0.3, 0.4) is 0 Å². The van der Waals surface area contributed by atoms with Crippen molar-refractivity contribution in [1.29, 1.82) is 0 Å². The van der Waals surface area contributed by atoms with Crippen LogP contribution in [-0.4, -0.2) is 37.6 Å². The van der Waals surface area contributed by atoms with Crippen LogP contribution in [-0.2, 0) is 41.2 Å². The van der Waals surface area contributed by atoms with Crippen molar-refractivity contribution in [2.45, 2.75) is 23.9 Å². The summed E-state index contributed by atoms with van der Waals surface area (Å²) >= 11 is 3.37. The lowest BCUT2D eigenvalue weighted by atomic mass is 9.79. The first-order valence-corrected chi connectivity index (χ1v) is 11.2. The summed E-state index contributed by atoms with van der Waals surface area (Å²) in [6.07, 6.45) is 0. The van der Waals surface area contributed by atoms with Crippen LogP contribution in [0.15, 0.2) is 51.8 Å². The van der Waals surface area contributed by atoms with E-state index in [0.717, 1.165) is 21.5 Å². The Bertz CT molecular complexity index is 1210. The number of methoxy groups -OCH3 is 1. The van der Waals surface area contributed by atoms with Crippen LogP contribution in [0.25, 0.3) is 0 Å². The van der Waals surface area contributed by atoms with Crippen molar-refractivity contribution in [2.75, 3.05) is 7.11 Å². The molecule has 0 aliphatic carbocycles. The van der Waals surface area contributed by atoms with Gasteiger partial charge in [0.15, 0.2) is 11.5 Å². The number of hydrogen-bond donors (Lipinski definition) is 1. The number of rotatable bonds is 3. The molecule has 156 valence electrons. The third-order valence-electron chi connectivity index (χ3n) is 5.58. The fourth-order valence-corrected chi connectivity index (χ4v) is 6.62. The number of carbonyl (C=O) groups excluding carboxylic acids is 3. The molecule has 2 atom stereocenters.